The van der Waals surface area contributed by atoms with Crippen molar-refractivity contribution in [3.8, 4) is 0 Å². The monoisotopic (exact) mass is 165 g/mol. The van der Waals surface area contributed by atoms with Crippen LogP contribution in [0.1, 0.15) is 12.0 Å². The van der Waals surface area contributed by atoms with Crippen LogP contribution >= 0.6 is 0 Å². The quantitative estimate of drug-likeness (QED) is 0.594. The first kappa shape index (κ1) is 7.34. The number of nitrogens with zero attached hydrogens (tertiary/aromatic N) is 2. The zero-order valence-corrected chi connectivity index (χ0v) is 7.00. The van der Waals surface area contributed by atoms with E-state index >= 15 is 0 Å². The minimum Gasteiger partial charge on any atom is -0.383 e. The van der Waals surface area contributed by atoms with E-state index < -0.39 is 0 Å². The van der Waals surface area contributed by atoms with Crippen LogP contribution < -0.4 is 10.9 Å². The van der Waals surface area contributed by atoms with Gasteiger partial charge < -0.3 is 5.32 Å². The second-order valence-corrected chi connectivity index (χ2v) is 3.00. The van der Waals surface area contributed by atoms with Crippen molar-refractivity contribution in [2.24, 2.45) is 7.05 Å². The van der Waals surface area contributed by atoms with Gasteiger partial charge in [-0.3, -0.25) is 4.79 Å². The summed E-state index contributed by atoms with van der Waals surface area (Å²) in [6.07, 6.45) is 3.62. The predicted molar refractivity (Wildman–Crippen MR) is 46.3 cm³/mol. The summed E-state index contributed by atoms with van der Waals surface area (Å²) in [5.41, 5.74) is 1.81. The Morgan fingerprint density at radius 2 is 2.50 bits per heavy atom. The fourth-order valence-electron chi connectivity index (χ4n) is 1.47. The van der Waals surface area contributed by atoms with Gasteiger partial charge in [0.25, 0.3) is 5.56 Å². The molecule has 4 nitrogen and oxygen atoms in total. The van der Waals surface area contributed by atoms with Crippen LogP contribution in [0, 0.1) is 0 Å². The smallest absolute Gasteiger partial charge is 0.271 e. The highest BCUT2D eigenvalue weighted by Crippen LogP contribution is 2.15. The first-order chi connectivity index (χ1) is 5.79. The van der Waals surface area contributed by atoms with E-state index in [-0.39, 0.29) is 5.56 Å². The lowest BCUT2D eigenvalue weighted by atomic mass is 10.1. The van der Waals surface area contributed by atoms with Gasteiger partial charge in [0.05, 0.1) is 11.9 Å². The molecule has 0 atom stereocenters. The predicted octanol–water partition coefficient (Wildman–Crippen LogP) is 0.138. The molecule has 64 valence electrons. The lowest BCUT2D eigenvalue weighted by molar-refractivity contribution is 0.678. The molecule has 4 heteroatoms. The second kappa shape index (κ2) is 2.62. The van der Waals surface area contributed by atoms with Crippen molar-refractivity contribution in [2.75, 3.05) is 11.9 Å². The van der Waals surface area contributed by atoms with E-state index in [1.54, 1.807) is 13.2 Å². The first-order valence-corrected chi connectivity index (χ1v) is 4.08. The molecule has 0 saturated carbocycles. The molecule has 1 aromatic rings. The number of rotatable bonds is 0. The van der Waals surface area contributed by atoms with Gasteiger partial charge in [-0.25, -0.2) is 4.68 Å². The standard InChI is InChI=1S/C8H11N3O/c1-11-8(12)6-3-2-4-9-7(6)5-10-11/h5,9H,2-4H2,1H3. The van der Waals surface area contributed by atoms with Crippen LogP contribution in [-0.4, -0.2) is 16.3 Å². The van der Waals surface area contributed by atoms with E-state index in [0.717, 1.165) is 30.6 Å². The van der Waals surface area contributed by atoms with Crippen LogP contribution in [0.2, 0.25) is 0 Å². The highest BCUT2D eigenvalue weighted by atomic mass is 16.1. The molecular formula is C8H11N3O. The van der Waals surface area contributed by atoms with Crippen molar-refractivity contribution in [2.45, 2.75) is 12.8 Å². The van der Waals surface area contributed by atoms with Crippen LogP contribution in [0.25, 0.3) is 0 Å². The Balaban J connectivity index is 2.62. The Labute approximate surface area is 70.2 Å². The van der Waals surface area contributed by atoms with E-state index in [2.05, 4.69) is 10.4 Å². The molecular weight excluding hydrogens is 154 g/mol. The summed E-state index contributed by atoms with van der Waals surface area (Å²) < 4.78 is 1.38. The maximum Gasteiger partial charge on any atom is 0.271 e. The average molecular weight is 165 g/mol. The molecule has 2 rings (SSSR count). The fourth-order valence-corrected chi connectivity index (χ4v) is 1.47. The molecule has 0 bridgehead atoms. The van der Waals surface area contributed by atoms with Crippen LogP contribution in [0.3, 0.4) is 0 Å². The summed E-state index contributed by atoms with van der Waals surface area (Å²) in [4.78, 5) is 11.5. The molecule has 0 fully saturated rings. The minimum atomic E-state index is 0.0275. The number of nitrogens with one attached hydrogen (secondary N) is 1. The second-order valence-electron chi connectivity index (χ2n) is 3.00. The van der Waals surface area contributed by atoms with Crippen molar-refractivity contribution >= 4 is 5.69 Å². The molecule has 1 aliphatic rings. The summed E-state index contributed by atoms with van der Waals surface area (Å²) in [6.45, 7) is 0.946. The normalized spacial score (nSPS) is 15.1. The van der Waals surface area contributed by atoms with Gasteiger partial charge in [-0.1, -0.05) is 0 Å². The average Bonchev–Trinajstić information content (AvgIpc) is 2.12. The van der Waals surface area contributed by atoms with Crippen molar-refractivity contribution in [3.05, 3.63) is 22.1 Å². The van der Waals surface area contributed by atoms with Gasteiger partial charge in [0, 0.05) is 19.2 Å². The number of hydrogen-bond donors (Lipinski definition) is 1. The van der Waals surface area contributed by atoms with Crippen molar-refractivity contribution in [1.29, 1.82) is 0 Å². The Morgan fingerprint density at radius 3 is 3.33 bits per heavy atom. The lowest BCUT2D eigenvalue weighted by Crippen LogP contribution is -2.28. The molecule has 2 heterocycles. The lowest BCUT2D eigenvalue weighted by Gasteiger charge is -2.16. The maximum absolute atomic E-state index is 11.5. The molecule has 0 spiro atoms. The Hall–Kier alpha value is -1.32. The van der Waals surface area contributed by atoms with Gasteiger partial charge in [0.2, 0.25) is 0 Å². The Kier molecular flexibility index (Phi) is 1.60. The molecule has 1 N–H and O–H groups in total. The summed E-state index contributed by atoms with van der Waals surface area (Å²) in [5, 5.41) is 7.09. The van der Waals surface area contributed by atoms with Crippen molar-refractivity contribution in [3.63, 3.8) is 0 Å². The summed E-state index contributed by atoms with van der Waals surface area (Å²) >= 11 is 0. The highest BCUT2D eigenvalue weighted by Gasteiger charge is 2.12. The zero-order valence-electron chi connectivity index (χ0n) is 7.00. The maximum atomic E-state index is 11.5. The fraction of sp³-hybridized carbons (Fsp3) is 0.500. The summed E-state index contributed by atoms with van der Waals surface area (Å²) in [7, 11) is 1.68. The minimum absolute atomic E-state index is 0.0275. The van der Waals surface area contributed by atoms with E-state index in [9.17, 15) is 4.79 Å². The zero-order chi connectivity index (χ0) is 8.55. The van der Waals surface area contributed by atoms with E-state index in [0.29, 0.717) is 0 Å². The molecule has 0 radical (unpaired) electrons. The molecule has 0 unspecified atom stereocenters. The molecule has 1 aromatic heterocycles. The molecule has 0 amide bonds. The number of aromatic nitrogens is 2. The topological polar surface area (TPSA) is 46.9 Å². The number of anilines is 1. The summed E-state index contributed by atoms with van der Waals surface area (Å²) in [6, 6.07) is 0. The highest BCUT2D eigenvalue weighted by molar-refractivity contribution is 5.49. The Bertz CT molecular complexity index is 356. The van der Waals surface area contributed by atoms with Crippen LogP contribution in [-0.2, 0) is 13.5 Å². The third-order valence-electron chi connectivity index (χ3n) is 2.16. The van der Waals surface area contributed by atoms with E-state index in [4.69, 9.17) is 0 Å². The van der Waals surface area contributed by atoms with Gasteiger partial charge in [-0.2, -0.15) is 5.10 Å². The van der Waals surface area contributed by atoms with Gasteiger partial charge >= 0.3 is 0 Å². The number of fused-ring (bicyclic) bond motifs is 1. The third kappa shape index (κ3) is 0.995. The largest absolute Gasteiger partial charge is 0.383 e. The Morgan fingerprint density at radius 1 is 1.67 bits per heavy atom. The molecule has 0 aliphatic carbocycles. The van der Waals surface area contributed by atoms with Gasteiger partial charge in [-0.05, 0) is 12.8 Å². The molecule has 0 aromatic carbocycles. The van der Waals surface area contributed by atoms with E-state index in [1.165, 1.54) is 4.68 Å². The first-order valence-electron chi connectivity index (χ1n) is 4.08. The third-order valence-corrected chi connectivity index (χ3v) is 2.16. The number of hydrogen-bond acceptors (Lipinski definition) is 3. The molecule has 0 saturated heterocycles. The van der Waals surface area contributed by atoms with Gasteiger partial charge in [0.1, 0.15) is 0 Å². The van der Waals surface area contributed by atoms with Crippen molar-refractivity contribution < 1.29 is 0 Å². The van der Waals surface area contributed by atoms with Crippen molar-refractivity contribution in [1.82, 2.24) is 9.78 Å². The molecule has 1 aliphatic heterocycles. The van der Waals surface area contributed by atoms with Crippen LogP contribution in [0.5, 0.6) is 0 Å². The molecule has 12 heavy (non-hydrogen) atoms. The van der Waals surface area contributed by atoms with Crippen LogP contribution in [0.15, 0.2) is 11.0 Å². The van der Waals surface area contributed by atoms with E-state index in [1.807, 2.05) is 0 Å². The van der Waals surface area contributed by atoms with Gasteiger partial charge in [-0.15, -0.1) is 0 Å². The summed E-state index contributed by atoms with van der Waals surface area (Å²) in [5.74, 6) is 0. The SMILES string of the molecule is Cn1ncc2c(c1=O)CCCN2. The van der Waals surface area contributed by atoms with Gasteiger partial charge in [0.15, 0.2) is 0 Å². The van der Waals surface area contributed by atoms with Crippen LogP contribution in [0.4, 0.5) is 5.69 Å². The number of aryl methyl sites for hydroxylation is 1.